The minimum absolute atomic E-state index is 0.143. The Balaban J connectivity index is 2.21. The number of aromatic nitrogens is 4. The van der Waals surface area contributed by atoms with E-state index >= 15 is 0 Å². The minimum atomic E-state index is -0.143. The SMILES string of the molecule is CCCn1cc(C(=O)c2cnccn2)cn1. The van der Waals surface area contributed by atoms with Gasteiger partial charge in [-0.2, -0.15) is 5.10 Å². The van der Waals surface area contributed by atoms with Crippen LogP contribution in [0.5, 0.6) is 0 Å². The van der Waals surface area contributed by atoms with Crippen molar-refractivity contribution in [2.24, 2.45) is 0 Å². The van der Waals surface area contributed by atoms with Gasteiger partial charge in [-0.25, -0.2) is 4.98 Å². The van der Waals surface area contributed by atoms with Gasteiger partial charge in [-0.3, -0.25) is 14.5 Å². The van der Waals surface area contributed by atoms with E-state index in [0.29, 0.717) is 11.3 Å². The average Bonchev–Trinajstić information content (AvgIpc) is 2.78. The Morgan fingerprint density at radius 2 is 2.25 bits per heavy atom. The van der Waals surface area contributed by atoms with Crippen LogP contribution < -0.4 is 0 Å². The molecule has 5 nitrogen and oxygen atoms in total. The maximum Gasteiger partial charge on any atom is 0.216 e. The molecule has 5 heteroatoms. The van der Waals surface area contributed by atoms with Crippen LogP contribution in [0.3, 0.4) is 0 Å². The summed E-state index contributed by atoms with van der Waals surface area (Å²) in [5.41, 5.74) is 0.896. The molecule has 0 unspecified atom stereocenters. The molecule has 0 aliphatic heterocycles. The van der Waals surface area contributed by atoms with Crippen molar-refractivity contribution in [1.82, 2.24) is 19.7 Å². The van der Waals surface area contributed by atoms with Crippen LogP contribution in [-0.4, -0.2) is 25.5 Å². The lowest BCUT2D eigenvalue weighted by atomic mass is 10.2. The molecular formula is C11H12N4O. The summed E-state index contributed by atoms with van der Waals surface area (Å²) in [5.74, 6) is -0.143. The number of ketones is 1. The van der Waals surface area contributed by atoms with E-state index < -0.39 is 0 Å². The van der Waals surface area contributed by atoms with E-state index in [-0.39, 0.29) is 5.78 Å². The topological polar surface area (TPSA) is 60.7 Å². The lowest BCUT2D eigenvalue weighted by Crippen LogP contribution is -2.03. The fraction of sp³-hybridized carbons (Fsp3) is 0.273. The number of rotatable bonds is 4. The quantitative estimate of drug-likeness (QED) is 0.723. The van der Waals surface area contributed by atoms with Gasteiger partial charge in [0.2, 0.25) is 5.78 Å². The first-order valence-electron chi connectivity index (χ1n) is 5.14. The highest BCUT2D eigenvalue weighted by atomic mass is 16.1. The standard InChI is InChI=1S/C11H12N4O/c1-2-5-15-8-9(6-14-15)11(16)10-7-12-3-4-13-10/h3-4,6-8H,2,5H2,1H3. The summed E-state index contributed by atoms with van der Waals surface area (Å²) in [6.45, 7) is 2.87. The van der Waals surface area contributed by atoms with Crippen molar-refractivity contribution in [3.05, 3.63) is 42.2 Å². The van der Waals surface area contributed by atoms with Crippen molar-refractivity contribution in [3.63, 3.8) is 0 Å². The summed E-state index contributed by atoms with van der Waals surface area (Å²) in [4.78, 5) is 19.7. The maximum absolute atomic E-state index is 11.9. The van der Waals surface area contributed by atoms with E-state index in [4.69, 9.17) is 0 Å². The van der Waals surface area contributed by atoms with Gasteiger partial charge in [0.15, 0.2) is 0 Å². The van der Waals surface area contributed by atoms with Crippen molar-refractivity contribution >= 4 is 5.78 Å². The second kappa shape index (κ2) is 4.65. The zero-order chi connectivity index (χ0) is 11.4. The molecule has 0 aliphatic carbocycles. The Hall–Kier alpha value is -2.04. The van der Waals surface area contributed by atoms with Crippen LogP contribution in [0.1, 0.15) is 29.4 Å². The number of hydrogen-bond acceptors (Lipinski definition) is 4. The molecule has 2 heterocycles. The average molecular weight is 216 g/mol. The molecule has 0 amide bonds. The van der Waals surface area contributed by atoms with Crippen molar-refractivity contribution < 1.29 is 4.79 Å². The number of hydrogen-bond donors (Lipinski definition) is 0. The van der Waals surface area contributed by atoms with Gasteiger partial charge in [-0.05, 0) is 6.42 Å². The van der Waals surface area contributed by atoms with Crippen molar-refractivity contribution in [2.45, 2.75) is 19.9 Å². The Morgan fingerprint density at radius 1 is 1.38 bits per heavy atom. The third kappa shape index (κ3) is 2.13. The normalized spacial score (nSPS) is 10.3. The van der Waals surface area contributed by atoms with Gasteiger partial charge in [0.1, 0.15) is 5.69 Å². The summed E-state index contributed by atoms with van der Waals surface area (Å²) in [6, 6.07) is 0. The smallest absolute Gasteiger partial charge is 0.216 e. The summed E-state index contributed by atoms with van der Waals surface area (Å²) in [5, 5.41) is 4.10. The summed E-state index contributed by atoms with van der Waals surface area (Å²) >= 11 is 0. The lowest BCUT2D eigenvalue weighted by Gasteiger charge is -1.96. The number of aryl methyl sites for hydroxylation is 1. The summed E-state index contributed by atoms with van der Waals surface area (Å²) in [6.07, 6.45) is 8.79. The zero-order valence-electron chi connectivity index (χ0n) is 9.00. The molecule has 0 aromatic carbocycles. The monoisotopic (exact) mass is 216 g/mol. The Bertz CT molecular complexity index is 478. The maximum atomic E-state index is 11.9. The Labute approximate surface area is 93.2 Å². The molecule has 0 fully saturated rings. The van der Waals surface area contributed by atoms with Crippen LogP contribution in [0.4, 0.5) is 0 Å². The Morgan fingerprint density at radius 3 is 2.94 bits per heavy atom. The number of carbonyl (C=O) groups is 1. The molecule has 0 bridgehead atoms. The molecule has 0 atom stereocenters. The number of carbonyl (C=O) groups excluding carboxylic acids is 1. The van der Waals surface area contributed by atoms with E-state index in [0.717, 1.165) is 13.0 Å². The second-order valence-corrected chi connectivity index (χ2v) is 3.41. The lowest BCUT2D eigenvalue weighted by molar-refractivity contribution is 0.103. The van der Waals surface area contributed by atoms with Gasteiger partial charge in [-0.15, -0.1) is 0 Å². The molecule has 0 spiro atoms. The first-order chi connectivity index (χ1) is 7.81. The van der Waals surface area contributed by atoms with Gasteiger partial charge in [0, 0.05) is 25.1 Å². The van der Waals surface area contributed by atoms with Gasteiger partial charge in [0.05, 0.1) is 18.0 Å². The molecule has 0 saturated heterocycles. The molecule has 2 rings (SSSR count). The molecule has 0 N–H and O–H groups in total. The Kier molecular flexibility index (Phi) is 3.05. The fourth-order valence-corrected chi connectivity index (χ4v) is 1.40. The van der Waals surface area contributed by atoms with Crippen LogP contribution in [0.25, 0.3) is 0 Å². The van der Waals surface area contributed by atoms with Crippen molar-refractivity contribution in [2.75, 3.05) is 0 Å². The third-order valence-electron chi connectivity index (χ3n) is 2.14. The zero-order valence-corrected chi connectivity index (χ0v) is 9.00. The largest absolute Gasteiger partial charge is 0.287 e. The molecular weight excluding hydrogens is 204 g/mol. The highest BCUT2D eigenvalue weighted by Crippen LogP contribution is 2.05. The summed E-state index contributed by atoms with van der Waals surface area (Å²) in [7, 11) is 0. The van der Waals surface area contributed by atoms with E-state index in [2.05, 4.69) is 22.0 Å². The van der Waals surface area contributed by atoms with Crippen LogP contribution in [0.2, 0.25) is 0 Å². The van der Waals surface area contributed by atoms with Gasteiger partial charge in [0.25, 0.3) is 0 Å². The molecule has 16 heavy (non-hydrogen) atoms. The molecule has 2 aromatic rings. The fourth-order valence-electron chi connectivity index (χ4n) is 1.40. The van der Waals surface area contributed by atoms with Crippen LogP contribution in [-0.2, 0) is 6.54 Å². The van der Waals surface area contributed by atoms with Crippen LogP contribution in [0, 0.1) is 0 Å². The highest BCUT2D eigenvalue weighted by molar-refractivity contribution is 6.07. The predicted molar refractivity (Wildman–Crippen MR) is 58.0 cm³/mol. The molecule has 82 valence electrons. The number of nitrogens with zero attached hydrogens (tertiary/aromatic N) is 4. The van der Waals surface area contributed by atoms with Crippen LogP contribution in [0.15, 0.2) is 31.0 Å². The first-order valence-corrected chi connectivity index (χ1v) is 5.14. The van der Waals surface area contributed by atoms with E-state index in [1.54, 1.807) is 17.1 Å². The van der Waals surface area contributed by atoms with E-state index in [1.807, 2.05) is 0 Å². The third-order valence-corrected chi connectivity index (χ3v) is 2.14. The molecule has 0 radical (unpaired) electrons. The van der Waals surface area contributed by atoms with E-state index in [9.17, 15) is 4.79 Å². The van der Waals surface area contributed by atoms with Crippen molar-refractivity contribution in [3.8, 4) is 0 Å². The second-order valence-electron chi connectivity index (χ2n) is 3.41. The minimum Gasteiger partial charge on any atom is -0.287 e. The first kappa shape index (κ1) is 10.5. The highest BCUT2D eigenvalue weighted by Gasteiger charge is 2.12. The van der Waals surface area contributed by atoms with Gasteiger partial charge < -0.3 is 0 Å². The molecule has 0 aliphatic rings. The molecule has 2 aromatic heterocycles. The predicted octanol–water partition coefficient (Wildman–Crippen LogP) is 1.31. The van der Waals surface area contributed by atoms with E-state index in [1.165, 1.54) is 18.6 Å². The summed E-state index contributed by atoms with van der Waals surface area (Å²) < 4.78 is 1.75. The van der Waals surface area contributed by atoms with Crippen LogP contribution >= 0.6 is 0 Å². The van der Waals surface area contributed by atoms with Gasteiger partial charge >= 0.3 is 0 Å². The molecule has 0 saturated carbocycles. The van der Waals surface area contributed by atoms with Gasteiger partial charge in [-0.1, -0.05) is 6.92 Å². The van der Waals surface area contributed by atoms with Crippen molar-refractivity contribution in [1.29, 1.82) is 0 Å².